The van der Waals surface area contributed by atoms with Gasteiger partial charge in [-0.25, -0.2) is 8.78 Å². The molecule has 0 saturated carbocycles. The molecule has 0 amide bonds. The molecule has 0 saturated heterocycles. The molecule has 0 unspecified atom stereocenters. The zero-order valence-electron chi connectivity index (χ0n) is 9.61. The van der Waals surface area contributed by atoms with E-state index in [4.69, 9.17) is 11.0 Å². The van der Waals surface area contributed by atoms with Crippen LogP contribution in [0.4, 0.5) is 14.5 Å². The van der Waals surface area contributed by atoms with E-state index < -0.39 is 24.5 Å². The third-order valence-corrected chi connectivity index (χ3v) is 2.21. The first-order valence-corrected chi connectivity index (χ1v) is 5.12. The van der Waals surface area contributed by atoms with Crippen LogP contribution in [-0.4, -0.2) is 17.6 Å². The fourth-order valence-electron chi connectivity index (χ4n) is 1.40. The number of nitrogens with zero attached hydrogens (tertiary/aromatic N) is 2. The molecule has 0 aliphatic heterocycles. The number of hydrogen-bond acceptors (Lipinski definition) is 5. The summed E-state index contributed by atoms with van der Waals surface area (Å²) in [5, 5.41) is 8.74. The van der Waals surface area contributed by atoms with Crippen molar-refractivity contribution in [3.63, 3.8) is 0 Å². The van der Waals surface area contributed by atoms with E-state index in [9.17, 15) is 13.6 Å². The molecular weight excluding hydrogens is 244 g/mol. The van der Waals surface area contributed by atoms with E-state index in [0.717, 1.165) is 6.20 Å². The van der Waals surface area contributed by atoms with Gasteiger partial charge in [-0.05, 0) is 6.92 Å². The minimum atomic E-state index is -2.87. The molecule has 1 rings (SSSR count). The summed E-state index contributed by atoms with van der Waals surface area (Å²) in [6.07, 6.45) is -2.34. The van der Waals surface area contributed by atoms with E-state index in [1.165, 1.54) is 0 Å². The van der Waals surface area contributed by atoms with Crippen molar-refractivity contribution in [1.29, 1.82) is 5.26 Å². The van der Waals surface area contributed by atoms with Crippen LogP contribution in [0.15, 0.2) is 6.20 Å². The number of alkyl halides is 2. The largest absolute Gasteiger partial charge is 0.466 e. The van der Waals surface area contributed by atoms with E-state index in [2.05, 4.69) is 9.72 Å². The summed E-state index contributed by atoms with van der Waals surface area (Å²) in [6, 6.07) is 1.72. The molecule has 1 aromatic rings. The molecule has 18 heavy (non-hydrogen) atoms. The van der Waals surface area contributed by atoms with Gasteiger partial charge in [0.15, 0.2) is 0 Å². The van der Waals surface area contributed by atoms with Gasteiger partial charge in [0.05, 0.1) is 24.3 Å². The van der Waals surface area contributed by atoms with Crippen LogP contribution in [0.3, 0.4) is 0 Å². The molecule has 2 N–H and O–H groups in total. The summed E-state index contributed by atoms with van der Waals surface area (Å²) in [5.74, 6) is -0.692. The minimum Gasteiger partial charge on any atom is -0.466 e. The van der Waals surface area contributed by atoms with Gasteiger partial charge in [0.1, 0.15) is 11.8 Å². The Bertz CT molecular complexity index is 498. The summed E-state index contributed by atoms with van der Waals surface area (Å²) in [4.78, 5) is 14.8. The average Bonchev–Trinajstić information content (AvgIpc) is 2.31. The van der Waals surface area contributed by atoms with Crippen LogP contribution < -0.4 is 5.73 Å². The Morgan fingerprint density at radius 3 is 2.83 bits per heavy atom. The highest BCUT2D eigenvalue weighted by atomic mass is 19.3. The Morgan fingerprint density at radius 2 is 2.33 bits per heavy atom. The fourth-order valence-corrected chi connectivity index (χ4v) is 1.40. The Hall–Kier alpha value is -2.23. The Kier molecular flexibility index (Phi) is 4.54. The molecule has 1 heterocycles. The van der Waals surface area contributed by atoms with Crippen molar-refractivity contribution in [2.75, 3.05) is 12.3 Å². The van der Waals surface area contributed by atoms with Crippen LogP contribution >= 0.6 is 0 Å². The molecule has 0 aliphatic rings. The predicted molar refractivity (Wildman–Crippen MR) is 58.7 cm³/mol. The fraction of sp³-hybridized carbons (Fsp3) is 0.364. The number of esters is 1. The number of halogens is 2. The molecular formula is C11H11F2N3O2. The highest BCUT2D eigenvalue weighted by molar-refractivity contribution is 5.76. The quantitative estimate of drug-likeness (QED) is 0.825. The minimum absolute atomic E-state index is 0.0429. The third kappa shape index (κ3) is 2.91. The SMILES string of the molecule is CCOC(=O)Cc1c(C(F)F)ncc(C#N)c1N. The number of hydrogen-bond donors (Lipinski definition) is 1. The summed E-state index contributed by atoms with van der Waals surface area (Å²) in [7, 11) is 0. The van der Waals surface area contributed by atoms with Crippen molar-refractivity contribution >= 4 is 11.7 Å². The lowest BCUT2D eigenvalue weighted by Gasteiger charge is -2.11. The number of nitriles is 1. The number of ether oxygens (including phenoxy) is 1. The van der Waals surface area contributed by atoms with Gasteiger partial charge in [0, 0.05) is 11.8 Å². The van der Waals surface area contributed by atoms with E-state index >= 15 is 0 Å². The van der Waals surface area contributed by atoms with Gasteiger partial charge < -0.3 is 10.5 Å². The predicted octanol–water partition coefficient (Wildman–Crippen LogP) is 1.58. The number of anilines is 1. The van der Waals surface area contributed by atoms with Crippen LogP contribution in [0.25, 0.3) is 0 Å². The Labute approximate surface area is 102 Å². The summed E-state index contributed by atoms with van der Waals surface area (Å²) in [5.41, 5.74) is 4.63. The van der Waals surface area contributed by atoms with Gasteiger partial charge in [0.25, 0.3) is 6.43 Å². The lowest BCUT2D eigenvalue weighted by molar-refractivity contribution is -0.142. The molecule has 1 aromatic heterocycles. The average molecular weight is 255 g/mol. The van der Waals surface area contributed by atoms with Crippen molar-refractivity contribution in [3.8, 4) is 6.07 Å². The molecule has 0 atom stereocenters. The van der Waals surface area contributed by atoms with E-state index in [0.29, 0.717) is 0 Å². The summed E-state index contributed by atoms with van der Waals surface area (Å²) >= 11 is 0. The molecule has 96 valence electrons. The van der Waals surface area contributed by atoms with Crippen molar-refractivity contribution in [1.82, 2.24) is 4.98 Å². The standard InChI is InChI=1S/C11H11F2N3O2/c1-2-18-8(17)3-7-9(15)6(4-14)5-16-10(7)11(12)13/h5,11H,2-3H2,1H3,(H2,15,16). The van der Waals surface area contributed by atoms with Crippen LogP contribution in [0.5, 0.6) is 0 Å². The van der Waals surface area contributed by atoms with Crippen molar-refractivity contribution in [3.05, 3.63) is 23.0 Å². The lowest BCUT2D eigenvalue weighted by Crippen LogP contribution is -2.13. The number of aromatic nitrogens is 1. The van der Waals surface area contributed by atoms with Gasteiger partial charge in [-0.15, -0.1) is 0 Å². The first kappa shape index (κ1) is 13.8. The molecule has 0 radical (unpaired) electrons. The maximum Gasteiger partial charge on any atom is 0.310 e. The number of pyridine rings is 1. The van der Waals surface area contributed by atoms with E-state index in [-0.39, 0.29) is 23.4 Å². The molecule has 0 fully saturated rings. The van der Waals surface area contributed by atoms with Gasteiger partial charge in [0.2, 0.25) is 0 Å². The highest BCUT2D eigenvalue weighted by Crippen LogP contribution is 2.27. The number of rotatable bonds is 4. The topological polar surface area (TPSA) is 89.0 Å². The number of carbonyl (C=O) groups excluding carboxylic acids is 1. The number of nitrogen functional groups attached to an aromatic ring is 1. The van der Waals surface area contributed by atoms with Gasteiger partial charge in [-0.2, -0.15) is 5.26 Å². The molecule has 0 aromatic carbocycles. The second kappa shape index (κ2) is 5.91. The maximum absolute atomic E-state index is 12.7. The van der Waals surface area contributed by atoms with E-state index in [1.54, 1.807) is 13.0 Å². The maximum atomic E-state index is 12.7. The first-order chi connectivity index (χ1) is 8.51. The van der Waals surface area contributed by atoms with Crippen LogP contribution in [0.2, 0.25) is 0 Å². The Morgan fingerprint density at radius 1 is 1.67 bits per heavy atom. The first-order valence-electron chi connectivity index (χ1n) is 5.12. The second-order valence-electron chi connectivity index (χ2n) is 3.34. The van der Waals surface area contributed by atoms with Gasteiger partial charge >= 0.3 is 5.97 Å². The van der Waals surface area contributed by atoms with Crippen LogP contribution in [0.1, 0.15) is 30.2 Å². The molecule has 7 heteroatoms. The second-order valence-corrected chi connectivity index (χ2v) is 3.34. The summed E-state index contributed by atoms with van der Waals surface area (Å²) in [6.45, 7) is 1.73. The molecule has 0 spiro atoms. The Balaban J connectivity index is 3.20. The molecule has 5 nitrogen and oxygen atoms in total. The van der Waals surface area contributed by atoms with Gasteiger partial charge in [-0.1, -0.05) is 0 Å². The summed E-state index contributed by atoms with van der Waals surface area (Å²) < 4.78 is 30.1. The lowest BCUT2D eigenvalue weighted by atomic mass is 10.0. The van der Waals surface area contributed by atoms with Crippen LogP contribution in [0, 0.1) is 11.3 Å². The highest BCUT2D eigenvalue weighted by Gasteiger charge is 2.22. The molecule has 0 bridgehead atoms. The smallest absolute Gasteiger partial charge is 0.310 e. The third-order valence-electron chi connectivity index (χ3n) is 2.21. The number of nitrogens with two attached hydrogens (primary N) is 1. The van der Waals surface area contributed by atoms with Crippen molar-refractivity contribution in [2.45, 2.75) is 19.8 Å². The van der Waals surface area contributed by atoms with E-state index in [1.807, 2.05) is 0 Å². The molecule has 0 aliphatic carbocycles. The van der Waals surface area contributed by atoms with Crippen molar-refractivity contribution < 1.29 is 18.3 Å². The number of carbonyl (C=O) groups is 1. The van der Waals surface area contributed by atoms with Gasteiger partial charge in [-0.3, -0.25) is 9.78 Å². The van der Waals surface area contributed by atoms with Crippen LogP contribution in [-0.2, 0) is 16.0 Å². The zero-order chi connectivity index (χ0) is 13.7. The zero-order valence-corrected chi connectivity index (χ0v) is 9.61. The van der Waals surface area contributed by atoms with Crippen molar-refractivity contribution in [2.24, 2.45) is 0 Å². The monoisotopic (exact) mass is 255 g/mol. The normalized spacial score (nSPS) is 10.2.